The molecule has 5 heteroatoms. The molecule has 78 valence electrons. The molecule has 0 aliphatic heterocycles. The summed E-state index contributed by atoms with van der Waals surface area (Å²) >= 11 is 3.28. The lowest BCUT2D eigenvalue weighted by Crippen LogP contribution is -2.07. The predicted molar refractivity (Wildman–Crippen MR) is 60.6 cm³/mol. The van der Waals surface area contributed by atoms with E-state index in [0.29, 0.717) is 5.95 Å². The summed E-state index contributed by atoms with van der Waals surface area (Å²) in [5.74, 6) is 1.59. The maximum atomic E-state index is 5.20. The second kappa shape index (κ2) is 4.93. The molecule has 0 radical (unpaired) electrons. The van der Waals surface area contributed by atoms with E-state index in [2.05, 4.69) is 31.2 Å². The van der Waals surface area contributed by atoms with Gasteiger partial charge in [0.2, 0.25) is 5.95 Å². The molecular weight excluding hydrogens is 258 g/mol. The van der Waals surface area contributed by atoms with Crippen LogP contribution in [0.15, 0.2) is 39.7 Å². The number of aromatic nitrogens is 2. The molecule has 2 heterocycles. The van der Waals surface area contributed by atoms with Gasteiger partial charge in [-0.2, -0.15) is 0 Å². The van der Waals surface area contributed by atoms with Gasteiger partial charge in [0.05, 0.1) is 10.7 Å². The van der Waals surface area contributed by atoms with Crippen LogP contribution in [0, 0.1) is 0 Å². The second-order valence-electron chi connectivity index (χ2n) is 2.98. The van der Waals surface area contributed by atoms with Gasteiger partial charge in [-0.05, 0) is 28.1 Å². The van der Waals surface area contributed by atoms with Crippen molar-refractivity contribution in [2.24, 2.45) is 0 Å². The lowest BCUT2D eigenvalue weighted by Gasteiger charge is -2.02. The molecule has 4 nitrogen and oxygen atoms in total. The van der Waals surface area contributed by atoms with E-state index in [9.17, 15) is 0 Å². The van der Waals surface area contributed by atoms with Crippen LogP contribution in [0.3, 0.4) is 0 Å². The van der Waals surface area contributed by atoms with Crippen molar-refractivity contribution in [2.75, 3.05) is 11.9 Å². The zero-order chi connectivity index (χ0) is 10.5. The molecule has 2 rings (SSSR count). The first kappa shape index (κ1) is 10.2. The maximum absolute atomic E-state index is 5.20. The summed E-state index contributed by atoms with van der Waals surface area (Å²) in [6, 6.07) is 3.83. The molecule has 15 heavy (non-hydrogen) atoms. The molecule has 2 aromatic rings. The summed E-state index contributed by atoms with van der Waals surface area (Å²) < 4.78 is 6.08. The van der Waals surface area contributed by atoms with Crippen LogP contribution in [0.4, 0.5) is 5.95 Å². The molecule has 1 N–H and O–H groups in total. The molecule has 0 aliphatic carbocycles. The maximum Gasteiger partial charge on any atom is 0.222 e. The molecule has 0 saturated heterocycles. The van der Waals surface area contributed by atoms with E-state index < -0.39 is 0 Å². The van der Waals surface area contributed by atoms with Crippen molar-refractivity contribution in [3.63, 3.8) is 0 Å². The quantitative estimate of drug-likeness (QED) is 0.925. The lowest BCUT2D eigenvalue weighted by atomic mass is 10.3. The summed E-state index contributed by atoms with van der Waals surface area (Å²) in [4.78, 5) is 8.19. The first-order chi connectivity index (χ1) is 7.34. The summed E-state index contributed by atoms with van der Waals surface area (Å²) in [7, 11) is 0. The summed E-state index contributed by atoms with van der Waals surface area (Å²) in [6.07, 6.45) is 5.92. The van der Waals surface area contributed by atoms with Crippen LogP contribution in [0.25, 0.3) is 0 Å². The molecule has 0 unspecified atom stereocenters. The Kier molecular flexibility index (Phi) is 3.34. The second-order valence-corrected chi connectivity index (χ2v) is 3.90. The fourth-order valence-corrected chi connectivity index (χ4v) is 1.36. The highest BCUT2D eigenvalue weighted by atomic mass is 79.9. The van der Waals surface area contributed by atoms with Gasteiger partial charge < -0.3 is 9.73 Å². The van der Waals surface area contributed by atoms with Crippen molar-refractivity contribution < 1.29 is 4.42 Å². The zero-order valence-electron chi connectivity index (χ0n) is 7.98. The monoisotopic (exact) mass is 267 g/mol. The van der Waals surface area contributed by atoms with Crippen LogP contribution in [0.2, 0.25) is 0 Å². The van der Waals surface area contributed by atoms with Gasteiger partial charge in [0.15, 0.2) is 0 Å². The number of anilines is 1. The van der Waals surface area contributed by atoms with E-state index in [1.54, 1.807) is 18.7 Å². The minimum absolute atomic E-state index is 0.629. The Labute approximate surface area is 95.9 Å². The van der Waals surface area contributed by atoms with Crippen molar-refractivity contribution in [3.05, 3.63) is 41.0 Å². The van der Waals surface area contributed by atoms with Crippen molar-refractivity contribution >= 4 is 21.9 Å². The number of hydrogen-bond donors (Lipinski definition) is 1. The van der Waals surface area contributed by atoms with Crippen LogP contribution in [-0.4, -0.2) is 16.5 Å². The normalized spacial score (nSPS) is 10.2. The highest BCUT2D eigenvalue weighted by Crippen LogP contribution is 2.07. The van der Waals surface area contributed by atoms with Crippen LogP contribution in [0.1, 0.15) is 5.76 Å². The molecule has 0 bridgehead atoms. The van der Waals surface area contributed by atoms with Crippen LogP contribution >= 0.6 is 15.9 Å². The van der Waals surface area contributed by atoms with Crippen molar-refractivity contribution in [2.45, 2.75) is 6.42 Å². The number of furan rings is 1. The molecule has 0 atom stereocenters. The molecule has 0 amide bonds. The summed E-state index contributed by atoms with van der Waals surface area (Å²) in [6.45, 7) is 0.759. The minimum atomic E-state index is 0.629. The number of nitrogens with zero attached hydrogens (tertiary/aromatic N) is 2. The fourth-order valence-electron chi connectivity index (χ4n) is 1.16. The van der Waals surface area contributed by atoms with Gasteiger partial charge in [0.1, 0.15) is 5.76 Å². The molecule has 0 aromatic carbocycles. The SMILES string of the molecule is Brc1cnc(NCCc2ccco2)nc1. The van der Waals surface area contributed by atoms with Gasteiger partial charge in [-0.1, -0.05) is 0 Å². The van der Waals surface area contributed by atoms with Gasteiger partial charge in [0.25, 0.3) is 0 Å². The zero-order valence-corrected chi connectivity index (χ0v) is 9.57. The van der Waals surface area contributed by atoms with Crippen LogP contribution in [-0.2, 0) is 6.42 Å². The third-order valence-corrected chi connectivity index (χ3v) is 2.26. The Bertz CT molecular complexity index is 399. The molecule has 0 fully saturated rings. The first-order valence-electron chi connectivity index (χ1n) is 4.58. The number of halogens is 1. The molecule has 2 aromatic heterocycles. The molecule has 0 aliphatic rings. The Morgan fingerprint density at radius 1 is 1.33 bits per heavy atom. The Morgan fingerprint density at radius 2 is 2.13 bits per heavy atom. The largest absolute Gasteiger partial charge is 0.469 e. The number of nitrogens with one attached hydrogen (secondary N) is 1. The molecule has 0 saturated carbocycles. The highest BCUT2D eigenvalue weighted by Gasteiger charge is 1.97. The van der Waals surface area contributed by atoms with E-state index in [1.807, 2.05) is 12.1 Å². The Balaban J connectivity index is 1.81. The average Bonchev–Trinajstić information content (AvgIpc) is 2.74. The lowest BCUT2D eigenvalue weighted by molar-refractivity contribution is 0.512. The van der Waals surface area contributed by atoms with Gasteiger partial charge in [-0.25, -0.2) is 9.97 Å². The van der Waals surface area contributed by atoms with Gasteiger partial charge in [0, 0.05) is 25.4 Å². The van der Waals surface area contributed by atoms with Crippen LogP contribution in [0.5, 0.6) is 0 Å². The third kappa shape index (κ3) is 3.06. The fraction of sp³-hybridized carbons (Fsp3) is 0.200. The smallest absolute Gasteiger partial charge is 0.222 e. The first-order valence-corrected chi connectivity index (χ1v) is 5.38. The van der Waals surface area contributed by atoms with E-state index in [-0.39, 0.29) is 0 Å². The molecule has 0 spiro atoms. The standard InChI is InChI=1S/C10H10BrN3O/c11-8-6-13-10(14-7-8)12-4-3-9-2-1-5-15-9/h1-2,5-7H,3-4H2,(H,12,13,14). The van der Waals surface area contributed by atoms with Gasteiger partial charge in [-0.3, -0.25) is 0 Å². The predicted octanol–water partition coefficient (Wildman–Crippen LogP) is 2.49. The summed E-state index contributed by atoms with van der Waals surface area (Å²) in [5, 5.41) is 3.11. The Morgan fingerprint density at radius 3 is 2.80 bits per heavy atom. The van der Waals surface area contributed by atoms with Crippen molar-refractivity contribution in [3.8, 4) is 0 Å². The van der Waals surface area contributed by atoms with Gasteiger partial charge >= 0.3 is 0 Å². The van der Waals surface area contributed by atoms with Gasteiger partial charge in [-0.15, -0.1) is 0 Å². The highest BCUT2D eigenvalue weighted by molar-refractivity contribution is 9.10. The van der Waals surface area contributed by atoms with Crippen molar-refractivity contribution in [1.82, 2.24) is 9.97 Å². The topological polar surface area (TPSA) is 51.0 Å². The van der Waals surface area contributed by atoms with E-state index in [0.717, 1.165) is 23.2 Å². The number of rotatable bonds is 4. The van der Waals surface area contributed by atoms with E-state index in [4.69, 9.17) is 4.42 Å². The van der Waals surface area contributed by atoms with E-state index in [1.165, 1.54) is 0 Å². The number of hydrogen-bond acceptors (Lipinski definition) is 4. The molecular formula is C10H10BrN3O. The minimum Gasteiger partial charge on any atom is -0.469 e. The van der Waals surface area contributed by atoms with Crippen LogP contribution < -0.4 is 5.32 Å². The Hall–Kier alpha value is -1.36. The summed E-state index contributed by atoms with van der Waals surface area (Å²) in [5.41, 5.74) is 0. The van der Waals surface area contributed by atoms with Crippen molar-refractivity contribution in [1.29, 1.82) is 0 Å². The van der Waals surface area contributed by atoms with E-state index >= 15 is 0 Å². The third-order valence-electron chi connectivity index (χ3n) is 1.85. The average molecular weight is 268 g/mol.